The number of nitrogens with one attached hydrogen (secondary N) is 1. The lowest BCUT2D eigenvalue weighted by Crippen LogP contribution is -2.77. The third kappa shape index (κ3) is 8.05. The molecule has 2 bridgehead atoms. The second-order valence-electron chi connectivity index (χ2n) is 17.3. The highest BCUT2D eigenvalue weighted by molar-refractivity contribution is 5.96. The number of ketones is 1. The first-order valence-corrected chi connectivity index (χ1v) is 20.4. The van der Waals surface area contributed by atoms with Crippen molar-refractivity contribution in [1.29, 1.82) is 0 Å². The molecule has 3 aliphatic carbocycles. The second-order valence-corrected chi connectivity index (χ2v) is 17.3. The number of Topliss-reactive ketones (excluding diaryl/α,β-unsaturated/α-hetero) is 1. The van der Waals surface area contributed by atoms with E-state index in [0.29, 0.717) is 5.56 Å². The van der Waals surface area contributed by atoms with Gasteiger partial charge in [-0.1, -0.05) is 80.6 Å². The maximum Gasteiger partial charge on any atom is 0.338 e. The molecule has 2 fully saturated rings. The monoisotopic (exact) mass is 855 g/mol. The largest absolute Gasteiger partial charge is 0.459 e. The van der Waals surface area contributed by atoms with Gasteiger partial charge in [0, 0.05) is 43.6 Å². The molecule has 3 aromatic carbocycles. The summed E-state index contributed by atoms with van der Waals surface area (Å²) < 4.78 is 23.6. The summed E-state index contributed by atoms with van der Waals surface area (Å²) >= 11 is 0. The first-order valence-electron chi connectivity index (χ1n) is 20.4. The van der Waals surface area contributed by atoms with Crippen LogP contribution in [0, 0.1) is 16.7 Å². The first kappa shape index (κ1) is 45.8. The van der Waals surface area contributed by atoms with Crippen LogP contribution in [0.15, 0.2) is 102 Å². The van der Waals surface area contributed by atoms with Gasteiger partial charge < -0.3 is 44.7 Å². The molecule has 0 spiro atoms. The van der Waals surface area contributed by atoms with Gasteiger partial charge in [0.15, 0.2) is 18.0 Å². The average Bonchev–Trinajstić information content (AvgIpc) is 3.22. The topological polar surface area (TPSA) is 232 Å². The van der Waals surface area contributed by atoms with Crippen LogP contribution in [0.4, 0.5) is 0 Å². The lowest BCUT2D eigenvalue weighted by atomic mass is 9.45. The molecule has 15 heteroatoms. The molecule has 11 atom stereocenters. The Kier molecular flexibility index (Phi) is 12.7. The summed E-state index contributed by atoms with van der Waals surface area (Å²) in [5.41, 5.74) is -8.05. The zero-order valence-electron chi connectivity index (χ0n) is 35.6. The molecule has 2 saturated carbocycles. The van der Waals surface area contributed by atoms with Gasteiger partial charge in [0.1, 0.15) is 29.5 Å². The lowest BCUT2D eigenvalue weighted by molar-refractivity contribution is -0.277. The third-order valence-corrected chi connectivity index (χ3v) is 13.2. The number of aliphatic hydroxyl groups is 4. The van der Waals surface area contributed by atoms with Gasteiger partial charge >= 0.3 is 23.9 Å². The van der Waals surface area contributed by atoms with Crippen LogP contribution in [0.2, 0.25) is 0 Å². The van der Waals surface area contributed by atoms with Gasteiger partial charge in [-0.05, 0) is 61.7 Å². The number of carbonyl (C=O) groups is 6. The van der Waals surface area contributed by atoms with E-state index in [1.54, 1.807) is 78.9 Å². The highest BCUT2D eigenvalue weighted by atomic mass is 16.6. The summed E-state index contributed by atoms with van der Waals surface area (Å²) in [7, 11) is 0. The average molecular weight is 856 g/mol. The molecule has 15 nitrogen and oxygen atoms in total. The van der Waals surface area contributed by atoms with Crippen molar-refractivity contribution in [3.8, 4) is 0 Å². The Morgan fingerprint density at radius 3 is 1.84 bits per heavy atom. The van der Waals surface area contributed by atoms with Crippen LogP contribution in [-0.4, -0.2) is 104 Å². The van der Waals surface area contributed by atoms with Gasteiger partial charge in [-0.3, -0.25) is 19.2 Å². The Hall–Kier alpha value is -5.74. The molecule has 5 N–H and O–H groups in total. The number of esters is 4. The molecule has 0 heterocycles. The van der Waals surface area contributed by atoms with Gasteiger partial charge in [0.25, 0.3) is 5.91 Å². The van der Waals surface area contributed by atoms with E-state index >= 15 is 4.79 Å². The highest BCUT2D eigenvalue weighted by Gasteiger charge is 2.74. The van der Waals surface area contributed by atoms with Crippen molar-refractivity contribution in [3.63, 3.8) is 0 Å². The van der Waals surface area contributed by atoms with Crippen LogP contribution >= 0.6 is 0 Å². The molecule has 3 aliphatic rings. The first-order chi connectivity index (χ1) is 29.1. The predicted octanol–water partition coefficient (Wildman–Crippen LogP) is 3.72. The van der Waals surface area contributed by atoms with Crippen molar-refractivity contribution in [3.05, 3.63) is 119 Å². The van der Waals surface area contributed by atoms with Gasteiger partial charge in [-0.25, -0.2) is 9.59 Å². The molecular weight excluding hydrogens is 803 g/mol. The molecule has 330 valence electrons. The number of hydrogen-bond acceptors (Lipinski definition) is 14. The highest BCUT2D eigenvalue weighted by Crippen LogP contribution is 2.62. The Labute approximate surface area is 359 Å². The van der Waals surface area contributed by atoms with E-state index in [4.69, 9.17) is 18.9 Å². The molecule has 0 aliphatic heterocycles. The number of amides is 1. The Morgan fingerprint density at radius 1 is 0.758 bits per heavy atom. The standard InChI is InChI=1S/C47H53NO14/c1-25-31(61-43(56)36(52)35(28-17-11-8-12-18-28)48-41(54)29-19-13-9-14-20-29)24-47(58)40(62-42(55)30-21-15-10-16-22-30)38-45(6,32(51)23-33(46(38,7)57)59-26(2)49)39(53)37(60-27(3)50)34(25)44(47,4)5/h8-22,31-33,35-38,40,51-52,57-58H,23-24H2,1-7H3,(H,48,54)/t31-,32-,33-,35-,36+,37+,38?,40?,45+,46-,47+/m0/s1. The van der Waals surface area contributed by atoms with Gasteiger partial charge in [0.2, 0.25) is 0 Å². The summed E-state index contributed by atoms with van der Waals surface area (Å²) in [4.78, 5) is 82.6. The number of hydrogen-bond donors (Lipinski definition) is 5. The second kappa shape index (κ2) is 17.2. The molecule has 0 aromatic heterocycles. The van der Waals surface area contributed by atoms with E-state index in [1.807, 2.05) is 0 Å². The van der Waals surface area contributed by atoms with E-state index in [0.717, 1.165) is 13.8 Å². The number of benzene rings is 3. The number of rotatable bonds is 10. The molecule has 62 heavy (non-hydrogen) atoms. The normalized spacial score (nSPS) is 31.2. The van der Waals surface area contributed by atoms with Crippen molar-refractivity contribution in [2.45, 2.75) is 115 Å². The van der Waals surface area contributed by atoms with Crippen molar-refractivity contribution in [1.82, 2.24) is 5.32 Å². The number of carbonyl (C=O) groups excluding carboxylic acids is 6. The fourth-order valence-corrected chi connectivity index (χ4v) is 9.79. The molecule has 0 radical (unpaired) electrons. The Balaban J connectivity index is 1.53. The van der Waals surface area contributed by atoms with Gasteiger partial charge in [0.05, 0.1) is 23.1 Å². The minimum Gasteiger partial charge on any atom is -0.459 e. The molecule has 2 unspecified atom stereocenters. The zero-order chi connectivity index (χ0) is 45.5. The molecular formula is C47H53NO14. The van der Waals surface area contributed by atoms with E-state index in [9.17, 15) is 44.4 Å². The molecule has 3 aromatic rings. The number of aliphatic hydroxyl groups excluding tert-OH is 2. The summed E-state index contributed by atoms with van der Waals surface area (Å²) in [6.07, 6.45) is -11.8. The quantitative estimate of drug-likeness (QED) is 0.111. The van der Waals surface area contributed by atoms with Crippen LogP contribution in [0.5, 0.6) is 0 Å². The summed E-state index contributed by atoms with van der Waals surface area (Å²) in [5.74, 6) is -7.38. The SMILES string of the molecule is CC(=O)O[C@H]1C(=O)[C@@]2(C)C(C(OC(=O)c3ccccc3)[C@]3(O)C[C@H](OC(=O)[C@H](O)[C@@H](NC(=O)c4ccccc4)c4ccccc4)C(C)=C1C3(C)C)[C@@](C)(O)[C@@H](OC(C)=O)C[C@@H]2O. The van der Waals surface area contributed by atoms with Crippen LogP contribution in [-0.2, 0) is 38.1 Å². The maximum atomic E-state index is 15.4. The molecule has 0 saturated heterocycles. The lowest BCUT2D eigenvalue weighted by Gasteiger charge is -2.64. The fourth-order valence-electron chi connectivity index (χ4n) is 9.79. The van der Waals surface area contributed by atoms with E-state index in [1.165, 1.54) is 46.8 Å². The third-order valence-electron chi connectivity index (χ3n) is 13.2. The van der Waals surface area contributed by atoms with Crippen LogP contribution in [0.1, 0.15) is 93.6 Å². The number of ether oxygens (including phenoxy) is 4. The smallest absolute Gasteiger partial charge is 0.338 e. The van der Waals surface area contributed by atoms with Crippen LogP contribution in [0.3, 0.4) is 0 Å². The predicted molar refractivity (Wildman–Crippen MR) is 220 cm³/mol. The van der Waals surface area contributed by atoms with Gasteiger partial charge in [-0.15, -0.1) is 0 Å². The van der Waals surface area contributed by atoms with E-state index in [-0.39, 0.29) is 22.3 Å². The Bertz CT molecular complexity index is 2240. The van der Waals surface area contributed by atoms with E-state index < -0.39 is 119 Å². The van der Waals surface area contributed by atoms with E-state index in [2.05, 4.69) is 5.32 Å². The Morgan fingerprint density at radius 2 is 1.29 bits per heavy atom. The van der Waals surface area contributed by atoms with Crippen molar-refractivity contribution < 1.29 is 68.1 Å². The van der Waals surface area contributed by atoms with Crippen LogP contribution < -0.4 is 5.32 Å². The molecule has 6 rings (SSSR count). The summed E-state index contributed by atoms with van der Waals surface area (Å²) in [6.45, 7) is 9.19. The van der Waals surface area contributed by atoms with Crippen molar-refractivity contribution in [2.75, 3.05) is 0 Å². The summed E-state index contributed by atoms with van der Waals surface area (Å²) in [6, 6.07) is 22.6. The minimum absolute atomic E-state index is 0.0210. The maximum absolute atomic E-state index is 15.4. The van der Waals surface area contributed by atoms with Gasteiger partial charge in [-0.2, -0.15) is 0 Å². The minimum atomic E-state index is -2.48. The number of fused-ring (bicyclic) bond motifs is 3. The fraction of sp³-hybridized carbons (Fsp3) is 0.447. The van der Waals surface area contributed by atoms with Crippen molar-refractivity contribution in [2.24, 2.45) is 16.7 Å². The van der Waals surface area contributed by atoms with Crippen molar-refractivity contribution >= 4 is 35.6 Å². The molecule has 1 amide bonds. The summed E-state index contributed by atoms with van der Waals surface area (Å²) in [5, 5.41) is 52.7. The van der Waals surface area contributed by atoms with Crippen LogP contribution in [0.25, 0.3) is 0 Å². The zero-order valence-corrected chi connectivity index (χ0v) is 35.6.